The van der Waals surface area contributed by atoms with Crippen molar-refractivity contribution in [3.8, 4) is 0 Å². The molecule has 2 unspecified atom stereocenters. The van der Waals surface area contributed by atoms with Crippen LogP contribution in [0.4, 0.5) is 0 Å². The predicted octanol–water partition coefficient (Wildman–Crippen LogP) is 14.0. The summed E-state index contributed by atoms with van der Waals surface area (Å²) < 4.78 is 16.7. The Hall–Kier alpha value is -1.59. The van der Waals surface area contributed by atoms with Gasteiger partial charge in [-0.2, -0.15) is 0 Å². The second-order valence-corrected chi connectivity index (χ2v) is 16.6. The molecule has 0 amide bonds. The Labute approximate surface area is 323 Å². The Morgan fingerprint density at radius 1 is 0.385 bits per heavy atom. The normalized spacial score (nSPS) is 13.2. The molecule has 0 bridgehead atoms. The van der Waals surface area contributed by atoms with E-state index >= 15 is 0 Å². The van der Waals surface area contributed by atoms with E-state index < -0.39 is 6.10 Å². The first-order valence-corrected chi connectivity index (χ1v) is 22.7. The first-order chi connectivity index (χ1) is 25.2. The number of carbonyl (C=O) groups is 3. The van der Waals surface area contributed by atoms with Crippen LogP contribution in [0.1, 0.15) is 241 Å². The highest BCUT2D eigenvalue weighted by Crippen LogP contribution is 2.17. The van der Waals surface area contributed by atoms with E-state index in [0.29, 0.717) is 19.3 Å². The van der Waals surface area contributed by atoms with Crippen LogP contribution in [0.3, 0.4) is 0 Å². The molecular weight excluding hydrogens is 648 g/mol. The van der Waals surface area contributed by atoms with E-state index in [1.165, 1.54) is 122 Å². The number of rotatable bonds is 39. The largest absolute Gasteiger partial charge is 0.462 e. The van der Waals surface area contributed by atoms with E-state index in [0.717, 1.165) is 75.5 Å². The third-order valence-corrected chi connectivity index (χ3v) is 10.9. The van der Waals surface area contributed by atoms with Gasteiger partial charge in [0.25, 0.3) is 0 Å². The minimum atomic E-state index is -0.762. The van der Waals surface area contributed by atoms with Gasteiger partial charge in [0.05, 0.1) is 0 Å². The van der Waals surface area contributed by atoms with Crippen LogP contribution in [0, 0.1) is 17.8 Å². The molecule has 0 aromatic heterocycles. The SMILES string of the molecule is CCC(C)CCCCCCCCCCC(=O)OC[C@@H](COC(=O)CCCCCCCCC(C)CC)OC(=O)CCCCCCCCCCCC(C)C. The Bertz CT molecular complexity index is 811. The summed E-state index contributed by atoms with van der Waals surface area (Å²) in [7, 11) is 0. The molecule has 0 fully saturated rings. The van der Waals surface area contributed by atoms with Crippen molar-refractivity contribution in [2.24, 2.45) is 17.8 Å². The third kappa shape index (κ3) is 36.8. The molecule has 3 atom stereocenters. The van der Waals surface area contributed by atoms with Crippen molar-refractivity contribution in [3.05, 3.63) is 0 Å². The van der Waals surface area contributed by atoms with Gasteiger partial charge in [-0.15, -0.1) is 0 Å². The summed E-state index contributed by atoms with van der Waals surface area (Å²) in [5, 5.41) is 0. The van der Waals surface area contributed by atoms with E-state index in [-0.39, 0.29) is 31.1 Å². The number of unbranched alkanes of at least 4 members (excludes halogenated alkanes) is 20. The second-order valence-electron chi connectivity index (χ2n) is 16.6. The first-order valence-electron chi connectivity index (χ1n) is 22.7. The van der Waals surface area contributed by atoms with Crippen molar-refractivity contribution in [3.63, 3.8) is 0 Å². The van der Waals surface area contributed by atoms with Crippen LogP contribution in [-0.2, 0) is 28.6 Å². The number of esters is 3. The fraction of sp³-hybridized carbons (Fsp3) is 0.935. The molecule has 0 heterocycles. The standard InChI is InChI=1S/C46H88O6/c1-7-41(5)33-27-21-15-12-13-16-23-29-35-44(47)50-38-43(39-51-45(48)36-30-24-19-18-22-28-34-42(6)8-2)52-46(49)37-31-25-17-11-9-10-14-20-26-32-40(3)4/h40-43H,7-39H2,1-6H3/t41?,42?,43-/m0/s1. The van der Waals surface area contributed by atoms with Crippen LogP contribution in [0.2, 0.25) is 0 Å². The molecule has 0 aliphatic heterocycles. The average molecular weight is 737 g/mol. The molecule has 0 radical (unpaired) electrons. The number of hydrogen-bond acceptors (Lipinski definition) is 6. The predicted molar refractivity (Wildman–Crippen MR) is 219 cm³/mol. The molecule has 6 nitrogen and oxygen atoms in total. The lowest BCUT2D eigenvalue weighted by atomic mass is 9.99. The van der Waals surface area contributed by atoms with Crippen LogP contribution < -0.4 is 0 Å². The van der Waals surface area contributed by atoms with Gasteiger partial charge < -0.3 is 14.2 Å². The van der Waals surface area contributed by atoms with Crippen LogP contribution >= 0.6 is 0 Å². The van der Waals surface area contributed by atoms with Gasteiger partial charge in [-0.25, -0.2) is 0 Å². The number of carbonyl (C=O) groups excluding carboxylic acids is 3. The highest BCUT2D eigenvalue weighted by molar-refractivity contribution is 5.71. The van der Waals surface area contributed by atoms with Gasteiger partial charge in [-0.3, -0.25) is 14.4 Å². The molecule has 0 saturated heterocycles. The Morgan fingerprint density at radius 2 is 0.673 bits per heavy atom. The lowest BCUT2D eigenvalue weighted by Crippen LogP contribution is -2.30. The maximum atomic E-state index is 12.7. The maximum absolute atomic E-state index is 12.7. The van der Waals surface area contributed by atoms with Crippen molar-refractivity contribution < 1.29 is 28.6 Å². The Morgan fingerprint density at radius 3 is 1.00 bits per heavy atom. The molecule has 0 aliphatic carbocycles. The number of hydrogen-bond donors (Lipinski definition) is 0. The summed E-state index contributed by atoms with van der Waals surface area (Å²) in [5.74, 6) is 1.60. The average Bonchev–Trinajstić information content (AvgIpc) is 3.12. The molecule has 0 aliphatic rings. The third-order valence-electron chi connectivity index (χ3n) is 10.9. The molecule has 308 valence electrons. The molecule has 0 rings (SSSR count). The first kappa shape index (κ1) is 50.4. The minimum Gasteiger partial charge on any atom is -0.462 e. The van der Waals surface area contributed by atoms with Crippen molar-refractivity contribution in [1.29, 1.82) is 0 Å². The second kappa shape index (κ2) is 37.7. The highest BCUT2D eigenvalue weighted by atomic mass is 16.6. The number of ether oxygens (including phenoxy) is 3. The van der Waals surface area contributed by atoms with E-state index in [9.17, 15) is 14.4 Å². The van der Waals surface area contributed by atoms with Gasteiger partial charge >= 0.3 is 17.9 Å². The van der Waals surface area contributed by atoms with Gasteiger partial charge in [0.15, 0.2) is 6.10 Å². The lowest BCUT2D eigenvalue weighted by Gasteiger charge is -2.18. The van der Waals surface area contributed by atoms with Crippen LogP contribution in [-0.4, -0.2) is 37.2 Å². The monoisotopic (exact) mass is 737 g/mol. The molecule has 6 heteroatoms. The molecule has 0 spiro atoms. The Kier molecular flexibility index (Phi) is 36.6. The van der Waals surface area contributed by atoms with Crippen LogP contribution in [0.25, 0.3) is 0 Å². The zero-order valence-electron chi connectivity index (χ0n) is 35.6. The summed E-state index contributed by atoms with van der Waals surface area (Å²) >= 11 is 0. The molecule has 0 aromatic rings. The highest BCUT2D eigenvalue weighted by Gasteiger charge is 2.19. The Balaban J connectivity index is 4.37. The van der Waals surface area contributed by atoms with Gasteiger partial charge in [0.1, 0.15) is 13.2 Å². The van der Waals surface area contributed by atoms with Crippen molar-refractivity contribution in [2.45, 2.75) is 247 Å². The van der Waals surface area contributed by atoms with E-state index in [1.807, 2.05) is 0 Å². The summed E-state index contributed by atoms with van der Waals surface area (Å²) in [5.41, 5.74) is 0. The van der Waals surface area contributed by atoms with Gasteiger partial charge in [0.2, 0.25) is 0 Å². The van der Waals surface area contributed by atoms with E-state index in [1.54, 1.807) is 0 Å². The van der Waals surface area contributed by atoms with Crippen LogP contribution in [0.5, 0.6) is 0 Å². The van der Waals surface area contributed by atoms with Gasteiger partial charge in [0, 0.05) is 19.3 Å². The van der Waals surface area contributed by atoms with Crippen molar-refractivity contribution in [1.82, 2.24) is 0 Å². The summed E-state index contributed by atoms with van der Waals surface area (Å²) in [6, 6.07) is 0. The van der Waals surface area contributed by atoms with Gasteiger partial charge in [-0.1, -0.05) is 202 Å². The smallest absolute Gasteiger partial charge is 0.306 e. The lowest BCUT2D eigenvalue weighted by molar-refractivity contribution is -0.167. The zero-order chi connectivity index (χ0) is 38.5. The quantitative estimate of drug-likeness (QED) is 0.0355. The fourth-order valence-corrected chi connectivity index (χ4v) is 6.64. The van der Waals surface area contributed by atoms with E-state index in [2.05, 4.69) is 41.5 Å². The molecule has 0 saturated carbocycles. The summed E-state index contributed by atoms with van der Waals surface area (Å²) in [6.07, 6.45) is 33.7. The van der Waals surface area contributed by atoms with E-state index in [4.69, 9.17) is 14.2 Å². The van der Waals surface area contributed by atoms with Crippen LogP contribution in [0.15, 0.2) is 0 Å². The molecule has 0 aromatic carbocycles. The maximum Gasteiger partial charge on any atom is 0.306 e. The topological polar surface area (TPSA) is 78.9 Å². The molecular formula is C46H88O6. The van der Waals surface area contributed by atoms with Crippen molar-refractivity contribution in [2.75, 3.05) is 13.2 Å². The van der Waals surface area contributed by atoms with Gasteiger partial charge in [-0.05, 0) is 37.0 Å². The fourth-order valence-electron chi connectivity index (χ4n) is 6.64. The molecule has 0 N–H and O–H groups in total. The zero-order valence-corrected chi connectivity index (χ0v) is 35.6. The van der Waals surface area contributed by atoms with Crippen molar-refractivity contribution >= 4 is 17.9 Å². The summed E-state index contributed by atoms with van der Waals surface area (Å²) in [4.78, 5) is 37.7. The minimum absolute atomic E-state index is 0.0671. The summed E-state index contributed by atoms with van der Waals surface area (Å²) in [6.45, 7) is 13.6. The molecule has 52 heavy (non-hydrogen) atoms.